The van der Waals surface area contributed by atoms with Gasteiger partial charge in [0, 0.05) is 18.3 Å². The Morgan fingerprint density at radius 2 is 1.85 bits per heavy atom. The van der Waals surface area contributed by atoms with E-state index in [9.17, 15) is 5.11 Å². The Labute approximate surface area is 139 Å². The molecule has 0 aliphatic carbocycles. The number of benzene rings is 2. The molecule has 2 rings (SSSR count). The fourth-order valence-electron chi connectivity index (χ4n) is 1.69. The van der Waals surface area contributed by atoms with E-state index in [1.807, 2.05) is 24.3 Å². The van der Waals surface area contributed by atoms with E-state index in [-0.39, 0.29) is 5.75 Å². The molecular weight excluding hydrogens is 409 g/mol. The van der Waals surface area contributed by atoms with E-state index in [2.05, 4.69) is 37.2 Å². The van der Waals surface area contributed by atoms with Gasteiger partial charge in [-0.15, -0.1) is 0 Å². The number of anilines is 1. The summed E-state index contributed by atoms with van der Waals surface area (Å²) < 4.78 is 6.47. The number of hydrogen-bond donors (Lipinski definition) is 2. The molecule has 2 N–H and O–H groups in total. The number of nitrogens with one attached hydrogen (secondary N) is 1. The number of rotatable bonds is 4. The van der Waals surface area contributed by atoms with Crippen molar-refractivity contribution in [1.29, 1.82) is 0 Å². The molecule has 20 heavy (non-hydrogen) atoms. The van der Waals surface area contributed by atoms with Crippen molar-refractivity contribution in [3.8, 4) is 11.5 Å². The summed E-state index contributed by atoms with van der Waals surface area (Å²) in [5, 5.41) is 13.5. The van der Waals surface area contributed by atoms with Crippen LogP contribution in [0.15, 0.2) is 39.3 Å². The highest BCUT2D eigenvalue weighted by Gasteiger charge is 2.06. The van der Waals surface area contributed by atoms with Gasteiger partial charge in [-0.1, -0.05) is 11.6 Å². The molecule has 0 heterocycles. The van der Waals surface area contributed by atoms with Crippen LogP contribution in [0, 0.1) is 0 Å². The standard InChI is InChI=1S/C14H12Br2ClNO2/c1-20-13-6-9(2-3-12(13)17)18-7-8-4-10(15)14(19)11(16)5-8/h2-6,18-19H,7H2,1H3. The van der Waals surface area contributed by atoms with Crippen LogP contribution < -0.4 is 10.1 Å². The van der Waals surface area contributed by atoms with E-state index in [0.29, 0.717) is 26.3 Å². The Bertz CT molecular complexity index is 612. The molecule has 0 aromatic heterocycles. The third-order valence-corrected chi connectivity index (χ3v) is 4.25. The van der Waals surface area contributed by atoms with E-state index in [1.54, 1.807) is 13.2 Å². The maximum absolute atomic E-state index is 9.67. The van der Waals surface area contributed by atoms with Gasteiger partial charge in [0.1, 0.15) is 11.5 Å². The second kappa shape index (κ2) is 6.70. The minimum absolute atomic E-state index is 0.196. The normalized spacial score (nSPS) is 10.4. The fourth-order valence-corrected chi connectivity index (χ4v) is 3.17. The molecule has 0 amide bonds. The molecule has 0 unspecified atom stereocenters. The highest BCUT2D eigenvalue weighted by molar-refractivity contribution is 9.11. The average Bonchev–Trinajstić information content (AvgIpc) is 2.43. The lowest BCUT2D eigenvalue weighted by Gasteiger charge is -2.11. The zero-order chi connectivity index (χ0) is 14.7. The lowest BCUT2D eigenvalue weighted by atomic mass is 10.2. The van der Waals surface area contributed by atoms with Crippen LogP contribution in [0.2, 0.25) is 5.02 Å². The first-order chi connectivity index (χ1) is 9.51. The summed E-state index contributed by atoms with van der Waals surface area (Å²) in [6.45, 7) is 0.613. The van der Waals surface area contributed by atoms with Crippen molar-refractivity contribution in [2.75, 3.05) is 12.4 Å². The summed E-state index contributed by atoms with van der Waals surface area (Å²) in [5.41, 5.74) is 1.93. The first-order valence-corrected chi connectivity index (χ1v) is 7.72. The van der Waals surface area contributed by atoms with Gasteiger partial charge in [0.05, 0.1) is 21.1 Å². The van der Waals surface area contributed by atoms with Crippen LogP contribution in [0.3, 0.4) is 0 Å². The lowest BCUT2D eigenvalue weighted by Crippen LogP contribution is -2.00. The SMILES string of the molecule is COc1cc(NCc2cc(Br)c(O)c(Br)c2)ccc1Cl. The molecule has 0 aliphatic rings. The molecule has 0 spiro atoms. The van der Waals surface area contributed by atoms with Gasteiger partial charge in [-0.05, 0) is 61.7 Å². The van der Waals surface area contributed by atoms with Gasteiger partial charge in [-0.25, -0.2) is 0 Å². The zero-order valence-electron chi connectivity index (χ0n) is 10.6. The number of phenolic OH excluding ortho intramolecular Hbond substituents is 1. The van der Waals surface area contributed by atoms with Crippen molar-refractivity contribution in [3.05, 3.63) is 49.9 Å². The van der Waals surface area contributed by atoms with Gasteiger partial charge in [0.15, 0.2) is 0 Å². The van der Waals surface area contributed by atoms with Gasteiger partial charge in [0.25, 0.3) is 0 Å². The number of hydrogen-bond acceptors (Lipinski definition) is 3. The summed E-state index contributed by atoms with van der Waals surface area (Å²) in [6, 6.07) is 9.23. The number of aromatic hydroxyl groups is 1. The molecule has 6 heteroatoms. The van der Waals surface area contributed by atoms with Crippen LogP contribution in [0.1, 0.15) is 5.56 Å². The van der Waals surface area contributed by atoms with Crippen molar-refractivity contribution >= 4 is 49.1 Å². The summed E-state index contributed by atoms with van der Waals surface area (Å²) >= 11 is 12.6. The van der Waals surface area contributed by atoms with Gasteiger partial charge < -0.3 is 15.2 Å². The Morgan fingerprint density at radius 1 is 1.20 bits per heavy atom. The quantitative estimate of drug-likeness (QED) is 0.714. The van der Waals surface area contributed by atoms with Crippen LogP contribution >= 0.6 is 43.5 Å². The molecule has 0 saturated carbocycles. The summed E-state index contributed by atoms with van der Waals surface area (Å²) in [6.07, 6.45) is 0. The van der Waals surface area contributed by atoms with Crippen LogP contribution in [0.4, 0.5) is 5.69 Å². The molecule has 0 atom stereocenters. The van der Waals surface area contributed by atoms with Crippen LogP contribution in [-0.2, 0) is 6.54 Å². The van der Waals surface area contributed by atoms with Crippen LogP contribution in [-0.4, -0.2) is 12.2 Å². The van der Waals surface area contributed by atoms with Crippen molar-refractivity contribution in [3.63, 3.8) is 0 Å². The molecule has 0 aliphatic heterocycles. The summed E-state index contributed by atoms with van der Waals surface area (Å²) in [4.78, 5) is 0. The van der Waals surface area contributed by atoms with E-state index in [0.717, 1.165) is 11.3 Å². The Kier molecular flexibility index (Phi) is 5.18. The average molecular weight is 422 g/mol. The molecule has 2 aromatic carbocycles. The minimum atomic E-state index is 0.196. The molecule has 0 saturated heterocycles. The zero-order valence-corrected chi connectivity index (χ0v) is 14.5. The number of phenols is 1. The van der Waals surface area contributed by atoms with Crippen LogP contribution in [0.5, 0.6) is 11.5 Å². The van der Waals surface area contributed by atoms with Crippen molar-refractivity contribution in [1.82, 2.24) is 0 Å². The second-order valence-corrected chi connectivity index (χ2v) is 6.23. The third-order valence-electron chi connectivity index (χ3n) is 2.72. The van der Waals surface area contributed by atoms with Gasteiger partial charge in [-0.3, -0.25) is 0 Å². The highest BCUT2D eigenvalue weighted by Crippen LogP contribution is 2.34. The molecule has 0 radical (unpaired) electrons. The molecule has 2 aromatic rings. The minimum Gasteiger partial charge on any atom is -0.506 e. The predicted molar refractivity (Wildman–Crippen MR) is 88.8 cm³/mol. The van der Waals surface area contributed by atoms with Crippen molar-refractivity contribution in [2.24, 2.45) is 0 Å². The predicted octanol–water partition coefficient (Wildman–Crippen LogP) is 5.19. The third kappa shape index (κ3) is 3.59. The van der Waals surface area contributed by atoms with Gasteiger partial charge in [0.2, 0.25) is 0 Å². The molecule has 0 fully saturated rings. The lowest BCUT2D eigenvalue weighted by molar-refractivity contribution is 0.415. The first kappa shape index (κ1) is 15.5. The van der Waals surface area contributed by atoms with Crippen molar-refractivity contribution < 1.29 is 9.84 Å². The Balaban J connectivity index is 2.13. The molecule has 106 valence electrons. The van der Waals surface area contributed by atoms with E-state index in [4.69, 9.17) is 16.3 Å². The van der Waals surface area contributed by atoms with Crippen molar-refractivity contribution in [2.45, 2.75) is 6.54 Å². The van der Waals surface area contributed by atoms with Gasteiger partial charge in [-0.2, -0.15) is 0 Å². The molecule has 0 bridgehead atoms. The summed E-state index contributed by atoms with van der Waals surface area (Å²) in [5.74, 6) is 0.826. The Hall–Kier alpha value is -0.910. The molecule has 3 nitrogen and oxygen atoms in total. The van der Waals surface area contributed by atoms with E-state index in [1.165, 1.54) is 0 Å². The van der Waals surface area contributed by atoms with E-state index >= 15 is 0 Å². The monoisotopic (exact) mass is 419 g/mol. The maximum Gasteiger partial charge on any atom is 0.143 e. The van der Waals surface area contributed by atoms with Gasteiger partial charge >= 0.3 is 0 Å². The number of methoxy groups -OCH3 is 1. The number of halogens is 3. The summed E-state index contributed by atoms with van der Waals surface area (Å²) in [7, 11) is 1.58. The Morgan fingerprint density at radius 3 is 2.45 bits per heavy atom. The van der Waals surface area contributed by atoms with Crippen LogP contribution in [0.25, 0.3) is 0 Å². The first-order valence-electron chi connectivity index (χ1n) is 5.75. The second-order valence-electron chi connectivity index (χ2n) is 4.11. The molecular formula is C14H12Br2ClNO2. The largest absolute Gasteiger partial charge is 0.506 e. The fraction of sp³-hybridized carbons (Fsp3) is 0.143. The highest BCUT2D eigenvalue weighted by atomic mass is 79.9. The maximum atomic E-state index is 9.67. The number of ether oxygens (including phenoxy) is 1. The van der Waals surface area contributed by atoms with E-state index < -0.39 is 0 Å². The topological polar surface area (TPSA) is 41.5 Å². The smallest absolute Gasteiger partial charge is 0.143 e.